The first-order valence-electron chi connectivity index (χ1n) is 4.11. The van der Waals surface area contributed by atoms with E-state index >= 15 is 0 Å². The second-order valence-corrected chi connectivity index (χ2v) is 3.79. The Kier molecular flexibility index (Phi) is 6.69. The first kappa shape index (κ1) is 13.5. The van der Waals surface area contributed by atoms with Gasteiger partial charge < -0.3 is 0 Å². The quantitative estimate of drug-likeness (QED) is 0.278. The van der Waals surface area contributed by atoms with Crippen LogP contribution in [0.3, 0.4) is 0 Å². The molecule has 0 spiro atoms. The van der Waals surface area contributed by atoms with Crippen LogP contribution >= 0.6 is 7.82 Å². The fraction of sp³-hybridized carbons (Fsp3) is 0.833. The van der Waals surface area contributed by atoms with Gasteiger partial charge in [0.05, 0.1) is 13.2 Å². The molecule has 0 atom stereocenters. The number of phosphoric acid groups is 1. The molecule has 8 heteroatoms. The Morgan fingerprint density at radius 3 is 2.14 bits per heavy atom. The van der Waals surface area contributed by atoms with Crippen molar-refractivity contribution in [3.8, 4) is 0 Å². The van der Waals surface area contributed by atoms with E-state index in [9.17, 15) is 9.36 Å². The molecule has 84 valence electrons. The molecule has 0 radical (unpaired) electrons. The van der Waals surface area contributed by atoms with E-state index in [0.29, 0.717) is 0 Å². The average molecular weight is 226 g/mol. The molecule has 0 saturated carbocycles. The number of phosphoric ester groups is 1. The van der Waals surface area contributed by atoms with E-state index in [1.54, 1.807) is 13.8 Å². The van der Waals surface area contributed by atoms with Crippen molar-refractivity contribution in [3.05, 3.63) is 0 Å². The second kappa shape index (κ2) is 6.92. The van der Waals surface area contributed by atoms with Gasteiger partial charge in [-0.15, -0.1) is 0 Å². The van der Waals surface area contributed by atoms with Gasteiger partial charge >= 0.3 is 7.82 Å². The van der Waals surface area contributed by atoms with Crippen LogP contribution in [0.2, 0.25) is 0 Å². The summed E-state index contributed by atoms with van der Waals surface area (Å²) in [5.74, 6) is 4.19. The number of hydrogen-bond donors (Lipinski definition) is 2. The van der Waals surface area contributed by atoms with Crippen molar-refractivity contribution < 1.29 is 22.9 Å². The van der Waals surface area contributed by atoms with Gasteiger partial charge in [-0.1, -0.05) is 0 Å². The van der Waals surface area contributed by atoms with Crippen LogP contribution in [0.4, 0.5) is 0 Å². The molecule has 0 aromatic carbocycles. The van der Waals surface area contributed by atoms with Crippen LogP contribution in [0.25, 0.3) is 0 Å². The van der Waals surface area contributed by atoms with Gasteiger partial charge in [0.15, 0.2) is 0 Å². The van der Waals surface area contributed by atoms with Crippen LogP contribution in [0.1, 0.15) is 13.8 Å². The minimum absolute atomic E-state index is 0.168. The molecule has 0 aliphatic rings. The summed E-state index contributed by atoms with van der Waals surface area (Å²) >= 11 is 0. The summed E-state index contributed by atoms with van der Waals surface area (Å²) in [6, 6.07) is 0. The summed E-state index contributed by atoms with van der Waals surface area (Å²) in [5.41, 5.74) is 1.83. The Morgan fingerprint density at radius 2 is 1.79 bits per heavy atom. The van der Waals surface area contributed by atoms with Crippen molar-refractivity contribution in [1.82, 2.24) is 5.43 Å². The van der Waals surface area contributed by atoms with Gasteiger partial charge in [-0.2, -0.15) is 0 Å². The highest BCUT2D eigenvalue weighted by atomic mass is 31.2. The van der Waals surface area contributed by atoms with Crippen molar-refractivity contribution in [3.63, 3.8) is 0 Å². The molecule has 0 unspecified atom stereocenters. The average Bonchev–Trinajstić information content (AvgIpc) is 2.15. The Bertz CT molecular complexity index is 212. The number of hydrogen-bond acceptors (Lipinski definition) is 6. The van der Waals surface area contributed by atoms with Gasteiger partial charge in [0, 0.05) is 0 Å². The molecule has 0 saturated heterocycles. The lowest BCUT2D eigenvalue weighted by Crippen LogP contribution is -2.33. The first-order chi connectivity index (χ1) is 6.58. The number of nitrogens with one attached hydrogen (secondary N) is 1. The number of amides is 1. The number of rotatable bonds is 7. The van der Waals surface area contributed by atoms with Gasteiger partial charge in [-0.3, -0.25) is 23.8 Å². The maximum absolute atomic E-state index is 11.5. The van der Waals surface area contributed by atoms with E-state index in [-0.39, 0.29) is 13.2 Å². The van der Waals surface area contributed by atoms with Gasteiger partial charge in [0.2, 0.25) is 0 Å². The highest BCUT2D eigenvalue weighted by molar-refractivity contribution is 7.48. The number of carbonyl (C=O) groups excluding carboxylic acids is 1. The van der Waals surface area contributed by atoms with E-state index in [1.807, 2.05) is 5.43 Å². The molecule has 0 aromatic heterocycles. The summed E-state index contributed by atoms with van der Waals surface area (Å²) < 4.78 is 25.7. The maximum Gasteiger partial charge on any atom is 0.475 e. The zero-order chi connectivity index (χ0) is 11.0. The van der Waals surface area contributed by atoms with Crippen LogP contribution in [-0.4, -0.2) is 25.7 Å². The third kappa shape index (κ3) is 5.31. The summed E-state index contributed by atoms with van der Waals surface area (Å²) in [4.78, 5) is 10.7. The Morgan fingerprint density at radius 1 is 1.29 bits per heavy atom. The van der Waals surface area contributed by atoms with Gasteiger partial charge in [0.1, 0.15) is 6.61 Å². The van der Waals surface area contributed by atoms with Crippen molar-refractivity contribution in [2.75, 3.05) is 19.8 Å². The van der Waals surface area contributed by atoms with Crippen molar-refractivity contribution in [2.24, 2.45) is 5.84 Å². The minimum Gasteiger partial charge on any atom is -0.292 e. The smallest absolute Gasteiger partial charge is 0.292 e. The SMILES string of the molecule is CCOP(=O)(OCC)OCC(=O)NN. The maximum atomic E-state index is 11.5. The fourth-order valence-electron chi connectivity index (χ4n) is 0.607. The standard InChI is InChI=1S/C6H15N2O5P/c1-3-11-14(10,12-4-2)13-5-6(9)8-7/h3-5,7H2,1-2H3,(H,8,9). The lowest BCUT2D eigenvalue weighted by Gasteiger charge is -2.15. The molecule has 1 amide bonds. The topological polar surface area (TPSA) is 99.9 Å². The van der Waals surface area contributed by atoms with Crippen LogP contribution in [0, 0.1) is 0 Å². The lowest BCUT2D eigenvalue weighted by molar-refractivity contribution is -0.123. The lowest BCUT2D eigenvalue weighted by atomic mass is 10.7. The molecule has 7 nitrogen and oxygen atoms in total. The zero-order valence-corrected chi connectivity index (χ0v) is 9.08. The van der Waals surface area contributed by atoms with Crippen LogP contribution in [0.5, 0.6) is 0 Å². The third-order valence-electron chi connectivity index (χ3n) is 1.09. The third-order valence-corrected chi connectivity index (χ3v) is 2.68. The Hall–Kier alpha value is -0.460. The summed E-state index contributed by atoms with van der Waals surface area (Å²) in [7, 11) is -3.60. The van der Waals surface area contributed by atoms with Gasteiger partial charge in [0.25, 0.3) is 5.91 Å². The van der Waals surface area contributed by atoms with Gasteiger partial charge in [-0.05, 0) is 13.8 Å². The predicted octanol–water partition coefficient (Wildman–Crippen LogP) is 0.174. The van der Waals surface area contributed by atoms with Crippen LogP contribution < -0.4 is 11.3 Å². The molecule has 0 bridgehead atoms. The van der Waals surface area contributed by atoms with Crippen LogP contribution in [-0.2, 0) is 22.9 Å². The molecule has 0 aromatic rings. The zero-order valence-electron chi connectivity index (χ0n) is 8.19. The minimum atomic E-state index is -3.60. The fourth-order valence-corrected chi connectivity index (χ4v) is 1.74. The molecule has 0 aliphatic carbocycles. The normalized spacial score (nSPS) is 11.4. The monoisotopic (exact) mass is 226 g/mol. The molecule has 14 heavy (non-hydrogen) atoms. The second-order valence-electron chi connectivity index (χ2n) is 2.12. The number of hydrazine groups is 1. The van der Waals surface area contributed by atoms with E-state index in [1.165, 1.54) is 0 Å². The number of nitrogens with two attached hydrogens (primary N) is 1. The molecule has 0 aliphatic heterocycles. The predicted molar refractivity (Wildman–Crippen MR) is 49.1 cm³/mol. The number of carbonyl (C=O) groups is 1. The Balaban J connectivity index is 4.08. The van der Waals surface area contributed by atoms with Crippen molar-refractivity contribution >= 4 is 13.7 Å². The first-order valence-corrected chi connectivity index (χ1v) is 5.57. The molecular weight excluding hydrogens is 211 g/mol. The summed E-state index contributed by atoms with van der Waals surface area (Å²) in [6.45, 7) is 3.15. The molecule has 3 N–H and O–H groups in total. The molecule has 0 fully saturated rings. The Labute approximate surface area is 82.5 Å². The largest absolute Gasteiger partial charge is 0.475 e. The van der Waals surface area contributed by atoms with E-state index in [0.717, 1.165) is 0 Å². The molecule has 0 heterocycles. The van der Waals surface area contributed by atoms with E-state index in [2.05, 4.69) is 4.52 Å². The highest BCUT2D eigenvalue weighted by Crippen LogP contribution is 2.48. The van der Waals surface area contributed by atoms with E-state index in [4.69, 9.17) is 14.9 Å². The van der Waals surface area contributed by atoms with E-state index < -0.39 is 20.3 Å². The highest BCUT2D eigenvalue weighted by Gasteiger charge is 2.26. The van der Waals surface area contributed by atoms with Crippen molar-refractivity contribution in [2.45, 2.75) is 13.8 Å². The van der Waals surface area contributed by atoms with Gasteiger partial charge in [-0.25, -0.2) is 10.4 Å². The van der Waals surface area contributed by atoms with Crippen LogP contribution in [0.15, 0.2) is 0 Å². The molecule has 0 rings (SSSR count). The van der Waals surface area contributed by atoms with Crippen molar-refractivity contribution in [1.29, 1.82) is 0 Å². The molecular formula is C6H15N2O5P. The summed E-state index contributed by atoms with van der Waals surface area (Å²) in [6.07, 6.45) is 0. The summed E-state index contributed by atoms with van der Waals surface area (Å²) in [5, 5.41) is 0.